The smallest absolute Gasteiger partial charge is 0.101 e. The van der Waals surface area contributed by atoms with Gasteiger partial charge in [0.15, 0.2) is 0 Å². The summed E-state index contributed by atoms with van der Waals surface area (Å²) < 4.78 is 10.8. The van der Waals surface area contributed by atoms with Crippen LogP contribution in [0.5, 0.6) is 0 Å². The third kappa shape index (κ3) is 4.09. The number of hydrogen-bond donors (Lipinski definition) is 1. The van der Waals surface area contributed by atoms with Crippen molar-refractivity contribution in [3.05, 3.63) is 24.0 Å². The maximum absolute atomic E-state index is 10.8. The highest BCUT2D eigenvalue weighted by Gasteiger charge is 1.99. The second-order valence-corrected chi connectivity index (χ2v) is 4.65. The van der Waals surface area contributed by atoms with Gasteiger partial charge in [0.2, 0.25) is 0 Å². The van der Waals surface area contributed by atoms with Gasteiger partial charge in [-0.3, -0.25) is 9.19 Å². The largest absolute Gasteiger partial charge is 0.383 e. The van der Waals surface area contributed by atoms with E-state index in [9.17, 15) is 4.21 Å². The normalized spacial score (nSPS) is 11.7. The summed E-state index contributed by atoms with van der Waals surface area (Å²) in [6, 6.07) is 3.75. The number of rotatable bonds is 5. The van der Waals surface area contributed by atoms with Crippen LogP contribution in [-0.2, 0) is 10.8 Å². The molecule has 0 fully saturated rings. The molecule has 15 heavy (non-hydrogen) atoms. The summed E-state index contributed by atoms with van der Waals surface area (Å²) in [5.41, 5.74) is 1.32. The average molecular weight is 223 g/mol. The van der Waals surface area contributed by atoms with Gasteiger partial charge in [-0.1, -0.05) is 0 Å². The van der Waals surface area contributed by atoms with E-state index in [0.717, 1.165) is 12.1 Å². The Labute approximate surface area is 91.8 Å². The van der Waals surface area contributed by atoms with E-state index in [1.165, 1.54) is 0 Å². The highest BCUT2D eigenvalue weighted by molar-refractivity contribution is 7.84. The molecular weight excluding hydrogens is 210 g/mol. The summed E-state index contributed by atoms with van der Waals surface area (Å²) in [6.45, 7) is 0.708. The first-order chi connectivity index (χ1) is 7.24. The zero-order chi connectivity index (χ0) is 11.1. The zero-order valence-corrected chi connectivity index (χ0v) is 9.38. The molecule has 1 heterocycles. The first-order valence-electron chi connectivity index (χ1n) is 4.62. The molecule has 0 saturated carbocycles. The van der Waals surface area contributed by atoms with Gasteiger partial charge < -0.3 is 5.32 Å². The zero-order valence-electron chi connectivity index (χ0n) is 8.56. The summed E-state index contributed by atoms with van der Waals surface area (Å²) in [5.74, 6) is 0.676. The Hall–Kier alpha value is -1.41. The monoisotopic (exact) mass is 223 g/mol. The summed E-state index contributed by atoms with van der Waals surface area (Å²) in [7, 11) is -0.751. The fraction of sp³-hybridized carbons (Fsp3) is 0.400. The van der Waals surface area contributed by atoms with Crippen molar-refractivity contribution in [3.63, 3.8) is 0 Å². The molecule has 0 aliphatic heterocycles. The quantitative estimate of drug-likeness (QED) is 0.760. The van der Waals surface area contributed by atoms with Gasteiger partial charge in [0.1, 0.15) is 6.07 Å². The summed E-state index contributed by atoms with van der Waals surface area (Å²) in [5, 5.41) is 11.9. The van der Waals surface area contributed by atoms with Crippen molar-refractivity contribution in [1.82, 2.24) is 4.98 Å². The second-order valence-electron chi connectivity index (χ2n) is 3.09. The third-order valence-electron chi connectivity index (χ3n) is 1.87. The van der Waals surface area contributed by atoms with Gasteiger partial charge in [0, 0.05) is 35.5 Å². The summed E-state index contributed by atoms with van der Waals surface area (Å²) in [6.07, 6.45) is 5.72. The third-order valence-corrected chi connectivity index (χ3v) is 2.73. The predicted molar refractivity (Wildman–Crippen MR) is 61.0 cm³/mol. The minimum absolute atomic E-state index is 0.586. The number of pyridine rings is 1. The molecule has 0 radical (unpaired) electrons. The highest BCUT2D eigenvalue weighted by Crippen LogP contribution is 2.11. The fourth-order valence-electron chi connectivity index (χ4n) is 1.13. The van der Waals surface area contributed by atoms with E-state index in [-0.39, 0.29) is 0 Å². The van der Waals surface area contributed by atoms with Crippen molar-refractivity contribution in [2.24, 2.45) is 0 Å². The Balaban J connectivity index is 2.44. The van der Waals surface area contributed by atoms with E-state index >= 15 is 0 Å². The van der Waals surface area contributed by atoms with Crippen molar-refractivity contribution >= 4 is 16.5 Å². The molecule has 0 bridgehead atoms. The minimum Gasteiger partial charge on any atom is -0.383 e. The molecular formula is C10H13N3OS. The molecule has 4 nitrogen and oxygen atoms in total. The van der Waals surface area contributed by atoms with E-state index in [0.29, 0.717) is 17.9 Å². The van der Waals surface area contributed by atoms with Crippen molar-refractivity contribution < 1.29 is 4.21 Å². The lowest BCUT2D eigenvalue weighted by Gasteiger charge is -2.06. The van der Waals surface area contributed by atoms with Gasteiger partial charge in [-0.25, -0.2) is 0 Å². The predicted octanol–water partition coefficient (Wildman–Crippen LogP) is 1.13. The van der Waals surface area contributed by atoms with Crippen LogP contribution in [-0.4, -0.2) is 27.7 Å². The molecule has 1 unspecified atom stereocenters. The van der Waals surface area contributed by atoms with Crippen LogP contribution in [0.3, 0.4) is 0 Å². The van der Waals surface area contributed by atoms with Gasteiger partial charge in [-0.15, -0.1) is 0 Å². The summed E-state index contributed by atoms with van der Waals surface area (Å²) >= 11 is 0. The standard InChI is InChI=1S/C10H13N3OS/c1-15(14)6-2-4-13-10-8-12-5-3-9(10)7-11/h3,5,8,13H,2,4,6H2,1H3. The maximum atomic E-state index is 10.8. The maximum Gasteiger partial charge on any atom is 0.101 e. The molecule has 0 saturated heterocycles. The molecule has 0 spiro atoms. The van der Waals surface area contributed by atoms with Crippen molar-refractivity contribution in [1.29, 1.82) is 5.26 Å². The number of aromatic nitrogens is 1. The van der Waals surface area contributed by atoms with E-state index in [2.05, 4.69) is 16.4 Å². The molecule has 5 heteroatoms. The molecule has 0 aliphatic rings. The molecule has 80 valence electrons. The Morgan fingerprint density at radius 3 is 3.13 bits per heavy atom. The first-order valence-corrected chi connectivity index (χ1v) is 6.35. The molecule has 0 aliphatic carbocycles. The Kier molecular flexibility index (Phi) is 4.78. The first kappa shape index (κ1) is 11.7. The van der Waals surface area contributed by atoms with Crippen LogP contribution in [0.2, 0.25) is 0 Å². The van der Waals surface area contributed by atoms with Gasteiger partial charge >= 0.3 is 0 Å². The van der Waals surface area contributed by atoms with Gasteiger partial charge in [-0.05, 0) is 12.5 Å². The molecule has 1 rings (SSSR count). The topological polar surface area (TPSA) is 65.8 Å². The number of nitrogens with zero attached hydrogens (tertiary/aromatic N) is 2. The van der Waals surface area contributed by atoms with Crippen LogP contribution in [0, 0.1) is 11.3 Å². The number of nitriles is 1. The van der Waals surface area contributed by atoms with Gasteiger partial charge in [0.25, 0.3) is 0 Å². The number of anilines is 1. The molecule has 1 N–H and O–H groups in total. The van der Waals surface area contributed by atoms with Crippen LogP contribution in [0.4, 0.5) is 5.69 Å². The molecule has 1 aromatic heterocycles. The molecule has 1 atom stereocenters. The molecule has 1 aromatic rings. The lowest BCUT2D eigenvalue weighted by Crippen LogP contribution is -2.07. The van der Waals surface area contributed by atoms with Crippen LogP contribution in [0.25, 0.3) is 0 Å². The fourth-order valence-corrected chi connectivity index (χ4v) is 1.68. The number of nitrogens with one attached hydrogen (secondary N) is 1. The highest BCUT2D eigenvalue weighted by atomic mass is 32.2. The Morgan fingerprint density at radius 1 is 1.67 bits per heavy atom. The van der Waals surface area contributed by atoms with Crippen molar-refractivity contribution in [2.45, 2.75) is 6.42 Å². The van der Waals surface area contributed by atoms with Crippen LogP contribution >= 0.6 is 0 Å². The van der Waals surface area contributed by atoms with E-state index in [4.69, 9.17) is 5.26 Å². The number of hydrogen-bond acceptors (Lipinski definition) is 4. The average Bonchev–Trinajstić information content (AvgIpc) is 2.24. The molecule has 0 amide bonds. The Bertz CT molecular complexity index is 386. The van der Waals surface area contributed by atoms with Crippen molar-refractivity contribution in [3.8, 4) is 6.07 Å². The van der Waals surface area contributed by atoms with Crippen molar-refractivity contribution in [2.75, 3.05) is 23.9 Å². The van der Waals surface area contributed by atoms with Crippen LogP contribution in [0.15, 0.2) is 18.5 Å². The van der Waals surface area contributed by atoms with E-state index in [1.54, 1.807) is 24.7 Å². The SMILES string of the molecule is CS(=O)CCCNc1cnccc1C#N. The van der Waals surface area contributed by atoms with Crippen LogP contribution in [0.1, 0.15) is 12.0 Å². The second kappa shape index (κ2) is 6.14. The van der Waals surface area contributed by atoms with Gasteiger partial charge in [0.05, 0.1) is 17.4 Å². The lowest BCUT2D eigenvalue weighted by molar-refractivity contribution is 0.685. The Morgan fingerprint density at radius 2 is 2.47 bits per heavy atom. The minimum atomic E-state index is -0.751. The van der Waals surface area contributed by atoms with Gasteiger partial charge in [-0.2, -0.15) is 5.26 Å². The summed E-state index contributed by atoms with van der Waals surface area (Å²) in [4.78, 5) is 3.93. The van der Waals surface area contributed by atoms with E-state index < -0.39 is 10.8 Å². The lowest BCUT2D eigenvalue weighted by atomic mass is 10.2. The molecule has 0 aromatic carbocycles. The van der Waals surface area contributed by atoms with Crippen LogP contribution < -0.4 is 5.32 Å². The van der Waals surface area contributed by atoms with E-state index in [1.807, 2.05) is 0 Å².